The van der Waals surface area contributed by atoms with Crippen molar-refractivity contribution < 1.29 is 66.3 Å². The van der Waals surface area contributed by atoms with E-state index in [2.05, 4.69) is 115 Å². The molecule has 1 saturated heterocycles. The molecule has 75 heavy (non-hydrogen) atoms. The number of methoxy groups -OCH3 is 4. The number of carbonyl (C=O) groups excluding carboxylic acids is 3. The average molecular weight is 1110 g/mol. The van der Waals surface area contributed by atoms with E-state index in [4.69, 9.17) is 41.7 Å². The summed E-state index contributed by atoms with van der Waals surface area (Å²) in [5.41, 5.74) is 0.348. The Balaban J connectivity index is 2.61. The average Bonchev–Trinajstić information content (AvgIpc) is 3.67. The van der Waals surface area contributed by atoms with Crippen molar-refractivity contribution in [2.24, 2.45) is 11.3 Å². The van der Waals surface area contributed by atoms with Crippen LogP contribution in [0.5, 0.6) is 0 Å². The molecule has 0 aromatic heterocycles. The highest BCUT2D eigenvalue weighted by Crippen LogP contribution is 2.43. The Morgan fingerprint density at radius 1 is 0.733 bits per heavy atom. The lowest BCUT2D eigenvalue weighted by Gasteiger charge is -2.45. The highest BCUT2D eigenvalue weighted by molar-refractivity contribution is 6.75. The maximum Gasteiger partial charge on any atom is 0.417 e. The topological polar surface area (TPSA) is 178 Å². The second-order valence-electron chi connectivity index (χ2n) is 26.0. The quantitative estimate of drug-likeness (QED) is 0.0395. The van der Waals surface area contributed by atoms with Gasteiger partial charge >= 0.3 is 6.09 Å². The summed E-state index contributed by atoms with van der Waals surface area (Å²) in [6, 6.07) is 8.99. The van der Waals surface area contributed by atoms with Crippen molar-refractivity contribution in [3.63, 3.8) is 0 Å². The van der Waals surface area contributed by atoms with Gasteiger partial charge in [0.25, 0.3) is 5.91 Å². The van der Waals surface area contributed by atoms with Crippen molar-refractivity contribution in [1.82, 2.24) is 4.90 Å². The van der Waals surface area contributed by atoms with Crippen LogP contribution >= 0.6 is 0 Å². The number of ether oxygens (including phenoxy) is 6. The van der Waals surface area contributed by atoms with E-state index < -0.39 is 97.2 Å². The number of ketones is 1. The fraction of sp³-hybridized carbons (Fsp3) is 0.807. The molecule has 10 atom stereocenters. The maximum atomic E-state index is 15.5. The molecule has 2 N–H and O–H groups in total. The van der Waals surface area contributed by atoms with Crippen LogP contribution in [-0.4, -0.2) is 161 Å². The summed E-state index contributed by atoms with van der Waals surface area (Å²) < 4.78 is 56.2. The minimum absolute atomic E-state index is 0.0219. The summed E-state index contributed by atoms with van der Waals surface area (Å²) in [7, 11) is -1.31. The van der Waals surface area contributed by atoms with Gasteiger partial charge in [-0.1, -0.05) is 119 Å². The van der Waals surface area contributed by atoms with Crippen LogP contribution in [0.4, 0.5) is 4.79 Å². The van der Waals surface area contributed by atoms with Crippen molar-refractivity contribution >= 4 is 42.7 Å². The second kappa shape index (κ2) is 28.8. The Hall–Kier alpha value is -2.18. The van der Waals surface area contributed by atoms with Gasteiger partial charge < -0.3 is 51.9 Å². The van der Waals surface area contributed by atoms with Gasteiger partial charge in [0.15, 0.2) is 36.8 Å². The molecule has 0 unspecified atom stereocenters. The Labute approximate surface area is 457 Å². The number of carbonyl (C=O) groups is 3. The molecule has 1 fully saturated rings. The van der Waals surface area contributed by atoms with E-state index in [0.29, 0.717) is 13.0 Å². The molecule has 2 amide bonds. The first-order valence-electron chi connectivity index (χ1n) is 27.2. The molecule has 434 valence electrons. The van der Waals surface area contributed by atoms with Gasteiger partial charge in [0.1, 0.15) is 19.5 Å². The molecule has 1 aliphatic heterocycles. The largest absolute Gasteiger partial charge is 0.447 e. The van der Waals surface area contributed by atoms with Crippen molar-refractivity contribution in [2.75, 3.05) is 48.4 Å². The number of imide groups is 1. The molecule has 1 aromatic carbocycles. The minimum atomic E-state index is -2.75. The van der Waals surface area contributed by atoms with Crippen LogP contribution < -0.4 is 0 Å². The molecular formula is C57H105NO14Si3. The third-order valence-electron chi connectivity index (χ3n) is 16.9. The van der Waals surface area contributed by atoms with Crippen LogP contribution in [0.1, 0.15) is 128 Å². The number of cyclic esters (lactones) is 1. The van der Waals surface area contributed by atoms with Crippen molar-refractivity contribution in [3.05, 3.63) is 47.5 Å². The Morgan fingerprint density at radius 2 is 1.25 bits per heavy atom. The van der Waals surface area contributed by atoms with Crippen LogP contribution in [0.3, 0.4) is 0 Å². The zero-order chi connectivity index (χ0) is 57.7. The summed E-state index contributed by atoms with van der Waals surface area (Å²) >= 11 is 0. The number of aliphatic hydroxyl groups excluding tert-OH is 2. The molecular weight excluding hydrogens is 1010 g/mol. The lowest BCUT2D eigenvalue weighted by atomic mass is 9.76. The molecule has 15 nitrogen and oxygen atoms in total. The number of hydrogen-bond acceptors (Lipinski definition) is 14. The second-order valence-corrected chi connectivity index (χ2v) is 40.4. The Morgan fingerprint density at radius 3 is 1.73 bits per heavy atom. The first-order valence-corrected chi connectivity index (χ1v) is 35.9. The van der Waals surface area contributed by atoms with Gasteiger partial charge in [-0.3, -0.25) is 9.59 Å². The molecule has 18 heteroatoms. The molecule has 0 radical (unpaired) electrons. The first kappa shape index (κ1) is 68.9. The number of aliphatic hydroxyl groups is 2. The molecule has 1 heterocycles. The van der Waals surface area contributed by atoms with Crippen molar-refractivity contribution in [3.8, 4) is 0 Å². The number of amides is 2. The zero-order valence-corrected chi connectivity index (χ0v) is 53.8. The van der Waals surface area contributed by atoms with Gasteiger partial charge in [-0.15, -0.1) is 0 Å². The predicted molar refractivity (Wildman–Crippen MR) is 305 cm³/mol. The van der Waals surface area contributed by atoms with Crippen molar-refractivity contribution in [1.29, 1.82) is 0 Å². The van der Waals surface area contributed by atoms with Crippen LogP contribution in [0.15, 0.2) is 42.0 Å². The van der Waals surface area contributed by atoms with Gasteiger partial charge in [0.2, 0.25) is 0 Å². The van der Waals surface area contributed by atoms with E-state index in [1.54, 1.807) is 28.1 Å². The summed E-state index contributed by atoms with van der Waals surface area (Å²) in [6.07, 6.45) is -4.63. The fourth-order valence-electron chi connectivity index (χ4n) is 8.26. The van der Waals surface area contributed by atoms with Crippen LogP contribution in [0.2, 0.25) is 54.4 Å². The molecule has 0 spiro atoms. The summed E-state index contributed by atoms with van der Waals surface area (Å²) in [5, 5.41) is 23.3. The van der Waals surface area contributed by atoms with E-state index in [1.165, 1.54) is 14.2 Å². The molecule has 0 saturated carbocycles. The normalized spacial score (nSPS) is 19.5. The maximum absolute atomic E-state index is 15.5. The smallest absolute Gasteiger partial charge is 0.417 e. The molecule has 0 aliphatic carbocycles. The minimum Gasteiger partial charge on any atom is -0.447 e. The van der Waals surface area contributed by atoms with Crippen LogP contribution in [0, 0.1) is 11.3 Å². The van der Waals surface area contributed by atoms with Crippen molar-refractivity contribution in [2.45, 2.75) is 238 Å². The monoisotopic (exact) mass is 1110 g/mol. The van der Waals surface area contributed by atoms with Gasteiger partial charge in [0.05, 0.1) is 48.1 Å². The van der Waals surface area contributed by atoms with Gasteiger partial charge in [0, 0.05) is 60.7 Å². The molecule has 2 rings (SSSR count). The van der Waals surface area contributed by atoms with Gasteiger partial charge in [-0.25, -0.2) is 9.69 Å². The van der Waals surface area contributed by atoms with Crippen LogP contribution in [0.25, 0.3) is 0 Å². The molecule has 1 aromatic rings. The predicted octanol–water partition coefficient (Wildman–Crippen LogP) is 11.3. The van der Waals surface area contributed by atoms with E-state index in [-0.39, 0.29) is 65.9 Å². The summed E-state index contributed by atoms with van der Waals surface area (Å²) in [6.45, 7) is 40.0. The summed E-state index contributed by atoms with van der Waals surface area (Å²) in [4.78, 5) is 44.7. The number of rotatable bonds is 32. The van der Waals surface area contributed by atoms with Gasteiger partial charge in [-0.2, -0.15) is 0 Å². The number of hydrogen-bond donors (Lipinski definition) is 2. The lowest BCUT2D eigenvalue weighted by molar-refractivity contribution is -0.167. The fourth-order valence-corrected chi connectivity index (χ4v) is 12.0. The standard InChI is InChI=1S/C57H105NO14Si3/c1-24-40(36-70-73(18,19)54(3,4)5)30-39(2)45(59)32-43(65-15)35-48(60)57(12,13)51(61)49(72-75(22,23)56(9,10)11)46(66-16)33-44(71-74(20,21)55(6,7)8)34-47(67-17)50(69-38-64-14)52(62)58-42(37-68-53(58)63)31-41-28-26-25-27-29-41/h25-30,40,42-50,59-60H,24,31-38H2,1-23H3/b39-30+/t40-,42+,43-,44-,45+,46-,47-,48+,49-,50+/m1/s1. The van der Waals surface area contributed by atoms with E-state index >= 15 is 4.79 Å². The number of Topliss-reactive ketones (excluding diaryl/α,β-unsaturated/α-hetero) is 1. The van der Waals surface area contributed by atoms with E-state index in [9.17, 15) is 19.8 Å². The highest BCUT2D eigenvalue weighted by atomic mass is 28.4. The lowest BCUT2D eigenvalue weighted by Crippen LogP contribution is -2.56. The number of benzene rings is 1. The Bertz CT molecular complexity index is 1940. The first-order chi connectivity index (χ1) is 34.4. The third kappa shape index (κ3) is 19.6. The SMILES string of the molecule is CC[C@H](/C=C(\C)[C@@H](O)C[C@H](C[C@H](O)C(C)(C)C(=O)[C@H](O[Si](C)(C)C(C)(C)C)[C@@H](C[C@H](C[C@@H](OC)[C@H](OCOC)C(=O)N1C(=O)OC[C@@H]1Cc1ccccc1)O[Si](C)(C)C(C)(C)C)OC)OC)CO[Si](C)(C)C(C)(C)C. The molecule has 1 aliphatic rings. The third-order valence-corrected chi connectivity index (χ3v) is 30.4. The summed E-state index contributed by atoms with van der Waals surface area (Å²) in [5.74, 6) is -0.863. The number of nitrogens with zero attached hydrogens (tertiary/aromatic N) is 1. The van der Waals surface area contributed by atoms with Gasteiger partial charge in [-0.05, 0) is 91.2 Å². The zero-order valence-electron chi connectivity index (χ0n) is 50.8. The highest BCUT2D eigenvalue weighted by Gasteiger charge is 2.51. The van der Waals surface area contributed by atoms with Crippen LogP contribution in [-0.2, 0) is 57.7 Å². The molecule has 0 bridgehead atoms. The Kier molecular flexibility index (Phi) is 26.5. The van der Waals surface area contributed by atoms with E-state index in [0.717, 1.165) is 22.5 Å². The van der Waals surface area contributed by atoms with E-state index in [1.807, 2.05) is 37.3 Å².